The summed E-state index contributed by atoms with van der Waals surface area (Å²) in [5, 5.41) is 10.6. The van der Waals surface area contributed by atoms with Crippen molar-refractivity contribution < 1.29 is 9.84 Å². The van der Waals surface area contributed by atoms with Crippen molar-refractivity contribution in [3.05, 3.63) is 42.0 Å². The zero-order valence-corrected chi connectivity index (χ0v) is 14.3. The van der Waals surface area contributed by atoms with Crippen LogP contribution in [0, 0.1) is 23.2 Å². The van der Waals surface area contributed by atoms with Gasteiger partial charge in [0, 0.05) is 0 Å². The van der Waals surface area contributed by atoms with Gasteiger partial charge >= 0.3 is 0 Å². The second-order valence-electron chi connectivity index (χ2n) is 8.10. The average Bonchev–Trinajstić information content (AvgIpc) is 2.88. The standard InChI is InChI=1S/C21H28O2/c1-4-13-11-14-12-15(23-3)5-6-16(14)17-9-10-21(2)18(20(13)17)7-8-19(21)22/h4-6,12-13,17-20,22H,1,7-11H2,2-3H3/t13-,17-,18+,19+,20-,21+/m1/s1. The van der Waals surface area contributed by atoms with Gasteiger partial charge in [-0.05, 0) is 84.5 Å². The topological polar surface area (TPSA) is 29.5 Å². The SMILES string of the molecule is C=C[C@@H]1Cc2cc(OC)ccc2[C@H]2CC[C@]3(C)[C@@H](O)CC[C@H]3[C@H]12. The molecule has 3 aliphatic carbocycles. The normalized spacial score (nSPS) is 41.6. The van der Waals surface area contributed by atoms with Crippen molar-refractivity contribution in [1.82, 2.24) is 0 Å². The van der Waals surface area contributed by atoms with E-state index in [1.165, 1.54) is 24.0 Å². The minimum Gasteiger partial charge on any atom is -0.497 e. The lowest BCUT2D eigenvalue weighted by Gasteiger charge is -2.52. The number of aliphatic hydroxyl groups excluding tert-OH is 1. The summed E-state index contributed by atoms with van der Waals surface area (Å²) in [6, 6.07) is 6.62. The molecule has 1 aromatic rings. The minimum absolute atomic E-state index is 0.115. The monoisotopic (exact) mass is 312 g/mol. The predicted octanol–water partition coefficient (Wildman–Crippen LogP) is 4.32. The van der Waals surface area contributed by atoms with Crippen molar-refractivity contribution in [2.24, 2.45) is 23.2 Å². The van der Waals surface area contributed by atoms with E-state index >= 15 is 0 Å². The van der Waals surface area contributed by atoms with E-state index in [-0.39, 0.29) is 11.5 Å². The van der Waals surface area contributed by atoms with Crippen LogP contribution in [-0.2, 0) is 6.42 Å². The van der Waals surface area contributed by atoms with Gasteiger partial charge in [0.15, 0.2) is 0 Å². The molecule has 3 aliphatic rings. The van der Waals surface area contributed by atoms with Gasteiger partial charge in [-0.15, -0.1) is 6.58 Å². The van der Waals surface area contributed by atoms with Gasteiger partial charge in [0.1, 0.15) is 5.75 Å². The Morgan fingerprint density at radius 2 is 2.13 bits per heavy atom. The zero-order chi connectivity index (χ0) is 16.2. The highest BCUT2D eigenvalue weighted by molar-refractivity contribution is 5.41. The molecule has 2 saturated carbocycles. The van der Waals surface area contributed by atoms with E-state index in [4.69, 9.17) is 4.74 Å². The smallest absolute Gasteiger partial charge is 0.119 e. The van der Waals surface area contributed by atoms with Gasteiger partial charge in [-0.25, -0.2) is 0 Å². The third-order valence-electron chi connectivity index (χ3n) is 7.29. The Labute approximate surface area is 139 Å². The Bertz CT molecular complexity index is 622. The number of ether oxygens (including phenoxy) is 1. The van der Waals surface area contributed by atoms with E-state index < -0.39 is 0 Å². The molecule has 0 unspecified atom stereocenters. The minimum atomic E-state index is -0.115. The molecule has 2 fully saturated rings. The number of rotatable bonds is 2. The Hall–Kier alpha value is -1.28. The molecule has 6 atom stereocenters. The van der Waals surface area contributed by atoms with E-state index in [0.717, 1.165) is 25.0 Å². The zero-order valence-electron chi connectivity index (χ0n) is 14.3. The summed E-state index contributed by atoms with van der Waals surface area (Å²) >= 11 is 0. The van der Waals surface area contributed by atoms with Crippen LogP contribution in [0.5, 0.6) is 5.75 Å². The van der Waals surface area contributed by atoms with E-state index in [2.05, 4.69) is 37.8 Å². The molecule has 2 heteroatoms. The lowest BCUT2D eigenvalue weighted by atomic mass is 9.52. The summed E-state index contributed by atoms with van der Waals surface area (Å²) in [6.45, 7) is 6.48. The number of benzene rings is 1. The van der Waals surface area contributed by atoms with Crippen LogP contribution in [0.15, 0.2) is 30.9 Å². The van der Waals surface area contributed by atoms with Gasteiger partial charge in [0.05, 0.1) is 13.2 Å². The van der Waals surface area contributed by atoms with Crippen molar-refractivity contribution in [2.45, 2.75) is 51.0 Å². The molecule has 0 aliphatic heterocycles. The fourth-order valence-corrected chi connectivity index (χ4v) is 6.01. The van der Waals surface area contributed by atoms with Crippen LogP contribution in [0.1, 0.15) is 49.7 Å². The Balaban J connectivity index is 1.77. The third-order valence-corrected chi connectivity index (χ3v) is 7.29. The predicted molar refractivity (Wildman–Crippen MR) is 92.7 cm³/mol. The van der Waals surface area contributed by atoms with Gasteiger partial charge in [-0.2, -0.15) is 0 Å². The van der Waals surface area contributed by atoms with Crippen LogP contribution >= 0.6 is 0 Å². The number of fused-ring (bicyclic) bond motifs is 5. The van der Waals surface area contributed by atoms with E-state index in [1.54, 1.807) is 7.11 Å². The lowest BCUT2D eigenvalue weighted by Crippen LogP contribution is -2.46. The molecule has 0 spiro atoms. The molecule has 0 heterocycles. The van der Waals surface area contributed by atoms with Gasteiger partial charge in [0.25, 0.3) is 0 Å². The van der Waals surface area contributed by atoms with E-state index in [0.29, 0.717) is 23.7 Å². The van der Waals surface area contributed by atoms with Crippen LogP contribution in [0.4, 0.5) is 0 Å². The largest absolute Gasteiger partial charge is 0.497 e. The second-order valence-corrected chi connectivity index (χ2v) is 8.10. The molecule has 124 valence electrons. The first-order chi connectivity index (χ1) is 11.1. The number of hydrogen-bond acceptors (Lipinski definition) is 2. The lowest BCUT2D eigenvalue weighted by molar-refractivity contribution is -0.0319. The molecule has 2 nitrogen and oxygen atoms in total. The molecule has 0 bridgehead atoms. The summed E-state index contributed by atoms with van der Waals surface area (Å²) in [5.41, 5.74) is 3.09. The molecular weight excluding hydrogens is 284 g/mol. The first kappa shape index (κ1) is 15.3. The molecule has 23 heavy (non-hydrogen) atoms. The summed E-state index contributed by atoms with van der Waals surface area (Å²) < 4.78 is 5.43. The van der Waals surface area contributed by atoms with Gasteiger partial charge in [0.2, 0.25) is 0 Å². The molecule has 0 radical (unpaired) electrons. The molecule has 0 saturated heterocycles. The van der Waals surface area contributed by atoms with Crippen molar-refractivity contribution in [2.75, 3.05) is 7.11 Å². The summed E-state index contributed by atoms with van der Waals surface area (Å²) in [5.74, 6) is 3.38. The summed E-state index contributed by atoms with van der Waals surface area (Å²) in [4.78, 5) is 0. The average molecular weight is 312 g/mol. The maximum atomic E-state index is 10.6. The van der Waals surface area contributed by atoms with Crippen LogP contribution in [-0.4, -0.2) is 18.3 Å². The third kappa shape index (κ3) is 2.11. The first-order valence-corrected chi connectivity index (χ1v) is 9.06. The molecule has 0 amide bonds. The molecule has 0 aromatic heterocycles. The van der Waals surface area contributed by atoms with Crippen LogP contribution in [0.25, 0.3) is 0 Å². The maximum Gasteiger partial charge on any atom is 0.119 e. The quantitative estimate of drug-likeness (QED) is 0.824. The maximum absolute atomic E-state index is 10.6. The van der Waals surface area contributed by atoms with Crippen molar-refractivity contribution in [3.8, 4) is 5.75 Å². The van der Waals surface area contributed by atoms with Crippen LogP contribution in [0.2, 0.25) is 0 Å². The fourth-order valence-electron chi connectivity index (χ4n) is 6.01. The van der Waals surface area contributed by atoms with E-state index in [1.807, 2.05) is 0 Å². The highest BCUT2D eigenvalue weighted by Gasteiger charge is 2.56. The Morgan fingerprint density at radius 3 is 2.87 bits per heavy atom. The highest BCUT2D eigenvalue weighted by Crippen LogP contribution is 2.62. The van der Waals surface area contributed by atoms with Crippen molar-refractivity contribution in [1.29, 1.82) is 0 Å². The number of methoxy groups -OCH3 is 1. The van der Waals surface area contributed by atoms with Crippen molar-refractivity contribution >= 4 is 0 Å². The summed E-state index contributed by atoms with van der Waals surface area (Å²) in [6.07, 6.45) is 7.62. The Morgan fingerprint density at radius 1 is 1.30 bits per heavy atom. The molecule has 4 rings (SSSR count). The van der Waals surface area contributed by atoms with E-state index in [9.17, 15) is 5.11 Å². The van der Waals surface area contributed by atoms with Gasteiger partial charge < -0.3 is 9.84 Å². The second kappa shape index (κ2) is 5.37. The molecule has 1 aromatic carbocycles. The van der Waals surface area contributed by atoms with Crippen LogP contribution in [0.3, 0.4) is 0 Å². The molecular formula is C21H28O2. The number of allylic oxidation sites excluding steroid dienone is 1. The first-order valence-electron chi connectivity index (χ1n) is 9.06. The molecule has 1 N–H and O–H groups in total. The van der Waals surface area contributed by atoms with Crippen molar-refractivity contribution in [3.63, 3.8) is 0 Å². The van der Waals surface area contributed by atoms with Gasteiger partial charge in [-0.3, -0.25) is 0 Å². The van der Waals surface area contributed by atoms with Crippen LogP contribution < -0.4 is 4.74 Å². The highest BCUT2D eigenvalue weighted by atomic mass is 16.5. The summed E-state index contributed by atoms with van der Waals surface area (Å²) in [7, 11) is 1.74. The van der Waals surface area contributed by atoms with Gasteiger partial charge in [-0.1, -0.05) is 19.1 Å². The fraction of sp³-hybridized carbons (Fsp3) is 0.619. The Kier molecular flexibility index (Phi) is 3.57. The number of hydrogen-bond donors (Lipinski definition) is 1. The number of aliphatic hydroxyl groups is 1.